The number of carbonyl (C=O) groups excluding carboxylic acids is 1. The third kappa shape index (κ3) is 5.89. The zero-order valence-corrected chi connectivity index (χ0v) is 17.7. The van der Waals surface area contributed by atoms with Crippen molar-refractivity contribution in [2.24, 2.45) is 0 Å². The minimum atomic E-state index is -0.184. The van der Waals surface area contributed by atoms with E-state index in [2.05, 4.69) is 44.8 Å². The largest absolute Gasteiger partial charge is 0.349 e. The average Bonchev–Trinajstić information content (AvgIpc) is 3.30. The molecule has 1 atom stereocenters. The van der Waals surface area contributed by atoms with Crippen molar-refractivity contribution in [2.45, 2.75) is 31.8 Å². The molecule has 1 N–H and O–H groups in total. The fourth-order valence-corrected chi connectivity index (χ4v) is 4.00. The predicted octanol–water partition coefficient (Wildman–Crippen LogP) is 3.95. The van der Waals surface area contributed by atoms with Gasteiger partial charge in [0, 0.05) is 6.54 Å². The lowest BCUT2D eigenvalue weighted by molar-refractivity contribution is 0.0919. The summed E-state index contributed by atoms with van der Waals surface area (Å²) >= 11 is 0. The third-order valence-electron chi connectivity index (χ3n) is 5.65. The molecule has 31 heavy (non-hydrogen) atoms. The first kappa shape index (κ1) is 21.0. The first-order chi connectivity index (χ1) is 15.3. The topological polar surface area (TPSA) is 63.1 Å². The molecule has 6 nitrogen and oxygen atoms in total. The van der Waals surface area contributed by atoms with Crippen molar-refractivity contribution in [3.05, 3.63) is 89.8 Å². The van der Waals surface area contributed by atoms with Gasteiger partial charge in [-0.25, -0.2) is 4.68 Å². The molecule has 6 heteroatoms. The summed E-state index contributed by atoms with van der Waals surface area (Å²) in [6.07, 6.45) is 9.44. The van der Waals surface area contributed by atoms with Crippen LogP contribution in [-0.4, -0.2) is 45.4 Å². The van der Waals surface area contributed by atoms with E-state index in [1.54, 1.807) is 10.9 Å². The molecule has 0 radical (unpaired) electrons. The number of carbonyl (C=O) groups is 1. The smallest absolute Gasteiger partial charge is 0.273 e. The van der Waals surface area contributed by atoms with E-state index < -0.39 is 0 Å². The van der Waals surface area contributed by atoms with E-state index in [0.717, 1.165) is 18.7 Å². The maximum atomic E-state index is 12.7. The van der Waals surface area contributed by atoms with Crippen LogP contribution in [0, 0.1) is 0 Å². The Morgan fingerprint density at radius 2 is 1.71 bits per heavy atom. The molecule has 1 aliphatic rings. The summed E-state index contributed by atoms with van der Waals surface area (Å²) in [5.41, 5.74) is 2.71. The minimum Gasteiger partial charge on any atom is -0.349 e. The van der Waals surface area contributed by atoms with Crippen LogP contribution in [0.25, 0.3) is 6.08 Å². The SMILES string of the molecule is O=C(NCC(c1ccccc1)N1CCCCC1)c1cn(C/C=C/c2ccccc2)nn1. The molecule has 1 aromatic heterocycles. The number of hydrogen-bond acceptors (Lipinski definition) is 4. The minimum absolute atomic E-state index is 0.175. The number of rotatable bonds is 8. The highest BCUT2D eigenvalue weighted by Gasteiger charge is 2.23. The number of aromatic nitrogens is 3. The number of nitrogens with one attached hydrogen (secondary N) is 1. The summed E-state index contributed by atoms with van der Waals surface area (Å²) in [6, 6.07) is 20.7. The standard InChI is InChI=1S/C25H29N5O/c31-25(23-20-30(28-27-23)18-10-13-21-11-4-1-5-12-21)26-19-24(22-14-6-2-7-15-22)29-16-8-3-9-17-29/h1-2,4-7,10-15,20,24H,3,8-9,16-19H2,(H,26,31)/b13-10+. The summed E-state index contributed by atoms with van der Waals surface area (Å²) in [6.45, 7) is 3.26. The summed E-state index contributed by atoms with van der Waals surface area (Å²) < 4.78 is 1.67. The quantitative estimate of drug-likeness (QED) is 0.605. The van der Waals surface area contributed by atoms with Gasteiger partial charge in [0.15, 0.2) is 5.69 Å². The lowest BCUT2D eigenvalue weighted by Crippen LogP contribution is -2.40. The fraction of sp³-hybridized carbons (Fsp3) is 0.320. The van der Waals surface area contributed by atoms with E-state index in [1.807, 2.05) is 48.6 Å². The number of hydrogen-bond donors (Lipinski definition) is 1. The second-order valence-electron chi connectivity index (χ2n) is 7.87. The summed E-state index contributed by atoms with van der Waals surface area (Å²) in [5.74, 6) is -0.184. The van der Waals surface area contributed by atoms with Crippen LogP contribution in [0.5, 0.6) is 0 Å². The molecular formula is C25H29N5O. The highest BCUT2D eigenvalue weighted by molar-refractivity contribution is 5.91. The molecule has 1 unspecified atom stereocenters. The van der Waals surface area contributed by atoms with Crippen molar-refractivity contribution in [2.75, 3.05) is 19.6 Å². The van der Waals surface area contributed by atoms with Gasteiger partial charge in [-0.15, -0.1) is 5.10 Å². The fourth-order valence-electron chi connectivity index (χ4n) is 4.00. The van der Waals surface area contributed by atoms with Crippen LogP contribution in [0.3, 0.4) is 0 Å². The van der Waals surface area contributed by atoms with E-state index in [-0.39, 0.29) is 11.9 Å². The Morgan fingerprint density at radius 1 is 1.00 bits per heavy atom. The van der Waals surface area contributed by atoms with Gasteiger partial charge in [0.1, 0.15) is 0 Å². The van der Waals surface area contributed by atoms with Crippen LogP contribution >= 0.6 is 0 Å². The maximum absolute atomic E-state index is 12.7. The first-order valence-corrected chi connectivity index (χ1v) is 11.0. The Balaban J connectivity index is 1.35. The van der Waals surface area contributed by atoms with Gasteiger partial charge in [-0.1, -0.05) is 84.4 Å². The van der Waals surface area contributed by atoms with Gasteiger partial charge >= 0.3 is 0 Å². The van der Waals surface area contributed by atoms with Gasteiger partial charge in [0.25, 0.3) is 5.91 Å². The number of likely N-dealkylation sites (tertiary alicyclic amines) is 1. The molecule has 1 amide bonds. The van der Waals surface area contributed by atoms with Crippen LogP contribution in [0.1, 0.15) is 46.9 Å². The second-order valence-corrected chi connectivity index (χ2v) is 7.87. The molecule has 2 heterocycles. The van der Waals surface area contributed by atoms with E-state index >= 15 is 0 Å². The summed E-state index contributed by atoms with van der Waals surface area (Å²) in [7, 11) is 0. The van der Waals surface area contributed by atoms with Crippen molar-refractivity contribution in [1.82, 2.24) is 25.2 Å². The van der Waals surface area contributed by atoms with Gasteiger partial charge in [0.05, 0.1) is 18.8 Å². The molecule has 160 valence electrons. The van der Waals surface area contributed by atoms with Crippen LogP contribution in [-0.2, 0) is 6.54 Å². The molecule has 4 rings (SSSR count). The molecule has 0 spiro atoms. The van der Waals surface area contributed by atoms with Crippen molar-refractivity contribution < 1.29 is 4.79 Å². The van der Waals surface area contributed by atoms with E-state index in [1.165, 1.54) is 24.8 Å². The van der Waals surface area contributed by atoms with Crippen molar-refractivity contribution >= 4 is 12.0 Å². The monoisotopic (exact) mass is 415 g/mol. The lowest BCUT2D eigenvalue weighted by atomic mass is 10.0. The van der Waals surface area contributed by atoms with E-state index in [0.29, 0.717) is 18.8 Å². The summed E-state index contributed by atoms with van der Waals surface area (Å²) in [4.78, 5) is 15.2. The predicted molar refractivity (Wildman–Crippen MR) is 122 cm³/mol. The number of nitrogens with zero attached hydrogens (tertiary/aromatic N) is 4. The van der Waals surface area contributed by atoms with Gasteiger partial charge in [0.2, 0.25) is 0 Å². The normalized spacial score (nSPS) is 15.7. The molecule has 0 aliphatic carbocycles. The molecule has 1 fully saturated rings. The van der Waals surface area contributed by atoms with Crippen molar-refractivity contribution in [1.29, 1.82) is 0 Å². The zero-order valence-electron chi connectivity index (χ0n) is 17.7. The Bertz CT molecular complexity index is 977. The Kier molecular flexibility index (Phi) is 7.24. The molecular weight excluding hydrogens is 386 g/mol. The lowest BCUT2D eigenvalue weighted by Gasteiger charge is -2.35. The van der Waals surface area contributed by atoms with Crippen LogP contribution in [0.15, 0.2) is 72.9 Å². The molecule has 1 aliphatic heterocycles. The van der Waals surface area contributed by atoms with Gasteiger partial charge < -0.3 is 5.32 Å². The molecule has 0 saturated carbocycles. The number of allylic oxidation sites excluding steroid dienone is 1. The first-order valence-electron chi connectivity index (χ1n) is 11.0. The number of benzene rings is 2. The molecule has 2 aromatic carbocycles. The Labute approximate surface area is 183 Å². The van der Waals surface area contributed by atoms with E-state index in [9.17, 15) is 4.79 Å². The highest BCUT2D eigenvalue weighted by atomic mass is 16.2. The maximum Gasteiger partial charge on any atom is 0.273 e. The number of piperidine rings is 1. The van der Waals surface area contributed by atoms with Gasteiger partial charge in [-0.2, -0.15) is 0 Å². The summed E-state index contributed by atoms with van der Waals surface area (Å²) in [5, 5.41) is 11.2. The van der Waals surface area contributed by atoms with Crippen molar-refractivity contribution in [3.63, 3.8) is 0 Å². The third-order valence-corrected chi connectivity index (χ3v) is 5.65. The van der Waals surface area contributed by atoms with E-state index in [4.69, 9.17) is 0 Å². The van der Waals surface area contributed by atoms with Crippen LogP contribution in [0.2, 0.25) is 0 Å². The zero-order chi connectivity index (χ0) is 21.3. The Hall–Kier alpha value is -3.25. The van der Waals surface area contributed by atoms with Crippen molar-refractivity contribution in [3.8, 4) is 0 Å². The molecule has 1 saturated heterocycles. The van der Waals surface area contributed by atoms with Gasteiger partial charge in [-0.05, 0) is 37.1 Å². The van der Waals surface area contributed by atoms with Crippen LogP contribution in [0.4, 0.5) is 0 Å². The Morgan fingerprint density at radius 3 is 2.45 bits per heavy atom. The number of amides is 1. The van der Waals surface area contributed by atoms with Gasteiger partial charge in [-0.3, -0.25) is 9.69 Å². The second kappa shape index (κ2) is 10.7. The average molecular weight is 416 g/mol. The molecule has 0 bridgehead atoms. The molecule has 3 aromatic rings. The van der Waals surface area contributed by atoms with Crippen LogP contribution < -0.4 is 5.32 Å². The highest BCUT2D eigenvalue weighted by Crippen LogP contribution is 2.24.